The van der Waals surface area contributed by atoms with Crippen LogP contribution in [0.1, 0.15) is 98.3 Å². The second-order valence-corrected chi connectivity index (χ2v) is 12.0. The molecule has 3 saturated carbocycles. The standard InChI is InChI=1S/C26H42O3/c1-24(2,29)12-6-5-7-17-8-9-20-23-21(11-14-25(17,20)3)26(4)13-10-19(27)15-18(26)16-22(23)28/h16-17,19-21,23,27,29H,5-15H2,1-4H3. The van der Waals surface area contributed by atoms with E-state index in [1.165, 1.54) is 44.1 Å². The van der Waals surface area contributed by atoms with E-state index >= 15 is 0 Å². The van der Waals surface area contributed by atoms with Crippen LogP contribution < -0.4 is 0 Å². The highest BCUT2D eigenvalue weighted by Gasteiger charge is 2.60. The molecule has 0 radical (unpaired) electrons. The lowest BCUT2D eigenvalue weighted by atomic mass is 9.47. The third-order valence-electron chi connectivity index (χ3n) is 9.71. The number of hydrogen-bond acceptors (Lipinski definition) is 3. The summed E-state index contributed by atoms with van der Waals surface area (Å²) in [4.78, 5) is 13.3. The number of ketones is 1. The maximum atomic E-state index is 13.3. The lowest BCUT2D eigenvalue weighted by Gasteiger charge is -2.57. The lowest BCUT2D eigenvalue weighted by Crippen LogP contribution is -2.53. The maximum Gasteiger partial charge on any atom is 0.159 e. The number of carbonyl (C=O) groups excluding carboxylic acids is 1. The summed E-state index contributed by atoms with van der Waals surface area (Å²) in [6.45, 7) is 8.69. The van der Waals surface area contributed by atoms with Crippen LogP contribution in [0.25, 0.3) is 0 Å². The first-order valence-electron chi connectivity index (χ1n) is 12.2. The fourth-order valence-electron chi connectivity index (χ4n) is 7.91. The summed E-state index contributed by atoms with van der Waals surface area (Å²) in [5.41, 5.74) is 1.12. The van der Waals surface area contributed by atoms with Crippen molar-refractivity contribution >= 4 is 5.78 Å². The molecule has 29 heavy (non-hydrogen) atoms. The SMILES string of the molecule is CC(C)(O)CCCCC1CCC2C3C(=O)C=C4CC(O)CCC4(C)C3CCC12C. The van der Waals surface area contributed by atoms with Gasteiger partial charge in [-0.2, -0.15) is 0 Å². The van der Waals surface area contributed by atoms with Gasteiger partial charge < -0.3 is 10.2 Å². The monoisotopic (exact) mass is 402 g/mol. The normalized spacial score (nSPS) is 44.7. The predicted molar refractivity (Wildman–Crippen MR) is 116 cm³/mol. The van der Waals surface area contributed by atoms with E-state index in [1.54, 1.807) is 0 Å². The Morgan fingerprint density at radius 2 is 1.83 bits per heavy atom. The van der Waals surface area contributed by atoms with E-state index in [1.807, 2.05) is 19.9 Å². The summed E-state index contributed by atoms with van der Waals surface area (Å²) in [5, 5.41) is 20.1. The number of aliphatic hydroxyl groups excluding tert-OH is 1. The van der Waals surface area contributed by atoms with Gasteiger partial charge >= 0.3 is 0 Å². The predicted octanol–water partition coefficient (Wildman–Crippen LogP) is 5.44. The van der Waals surface area contributed by atoms with E-state index in [2.05, 4.69) is 13.8 Å². The molecule has 4 aliphatic carbocycles. The molecule has 0 amide bonds. The number of fused-ring (bicyclic) bond motifs is 5. The molecule has 7 atom stereocenters. The van der Waals surface area contributed by atoms with Gasteiger partial charge in [-0.1, -0.05) is 32.3 Å². The van der Waals surface area contributed by atoms with Crippen LogP contribution >= 0.6 is 0 Å². The molecule has 0 spiro atoms. The first-order valence-corrected chi connectivity index (χ1v) is 12.2. The molecule has 4 rings (SSSR count). The van der Waals surface area contributed by atoms with Crippen LogP contribution in [0.5, 0.6) is 0 Å². The molecule has 3 heteroatoms. The molecule has 0 aliphatic heterocycles. The van der Waals surface area contributed by atoms with Crippen LogP contribution in [0.3, 0.4) is 0 Å². The van der Waals surface area contributed by atoms with Gasteiger partial charge in [-0.25, -0.2) is 0 Å². The molecule has 164 valence electrons. The second kappa shape index (κ2) is 7.48. The van der Waals surface area contributed by atoms with Crippen molar-refractivity contribution < 1.29 is 15.0 Å². The Hall–Kier alpha value is -0.670. The van der Waals surface area contributed by atoms with E-state index in [9.17, 15) is 15.0 Å². The summed E-state index contributed by atoms with van der Waals surface area (Å²) >= 11 is 0. The first kappa shape index (κ1) is 21.6. The van der Waals surface area contributed by atoms with Crippen molar-refractivity contribution in [2.75, 3.05) is 0 Å². The van der Waals surface area contributed by atoms with Crippen LogP contribution in [-0.2, 0) is 4.79 Å². The van der Waals surface area contributed by atoms with E-state index < -0.39 is 5.60 Å². The molecular weight excluding hydrogens is 360 g/mol. The Bertz CT molecular complexity index is 674. The van der Waals surface area contributed by atoms with Gasteiger partial charge in [0.2, 0.25) is 0 Å². The average Bonchev–Trinajstić information content (AvgIpc) is 2.96. The minimum absolute atomic E-state index is 0.129. The van der Waals surface area contributed by atoms with Gasteiger partial charge in [0, 0.05) is 5.92 Å². The van der Waals surface area contributed by atoms with Crippen LogP contribution in [0, 0.1) is 34.5 Å². The maximum absolute atomic E-state index is 13.3. The third-order valence-corrected chi connectivity index (χ3v) is 9.71. The number of hydrogen-bond donors (Lipinski definition) is 2. The van der Waals surface area contributed by atoms with Crippen molar-refractivity contribution in [2.24, 2.45) is 34.5 Å². The zero-order valence-electron chi connectivity index (χ0n) is 19.0. The van der Waals surface area contributed by atoms with E-state index in [4.69, 9.17) is 0 Å². The lowest BCUT2D eigenvalue weighted by molar-refractivity contribution is -0.134. The average molecular weight is 403 g/mol. The largest absolute Gasteiger partial charge is 0.393 e. The number of rotatable bonds is 5. The molecule has 7 unspecified atom stereocenters. The Morgan fingerprint density at radius 3 is 2.55 bits per heavy atom. The number of aliphatic hydroxyl groups is 2. The molecule has 0 bridgehead atoms. The number of allylic oxidation sites excluding steroid dienone is 1. The molecule has 3 fully saturated rings. The fourth-order valence-corrected chi connectivity index (χ4v) is 7.91. The fraction of sp³-hybridized carbons (Fsp3) is 0.885. The molecule has 0 aromatic rings. The van der Waals surface area contributed by atoms with Crippen molar-refractivity contribution in [1.82, 2.24) is 0 Å². The van der Waals surface area contributed by atoms with E-state index in [-0.39, 0.29) is 17.4 Å². The molecular formula is C26H42O3. The van der Waals surface area contributed by atoms with Crippen LogP contribution in [0.2, 0.25) is 0 Å². The van der Waals surface area contributed by atoms with Gasteiger partial charge in [0.1, 0.15) is 0 Å². The highest BCUT2D eigenvalue weighted by molar-refractivity contribution is 5.94. The molecule has 0 aromatic carbocycles. The van der Waals surface area contributed by atoms with Crippen molar-refractivity contribution in [3.8, 4) is 0 Å². The quantitative estimate of drug-likeness (QED) is 0.602. The molecule has 0 saturated heterocycles. The molecule has 2 N–H and O–H groups in total. The topological polar surface area (TPSA) is 57.5 Å². The molecule has 0 heterocycles. The van der Waals surface area contributed by atoms with Crippen molar-refractivity contribution in [2.45, 2.75) is 110 Å². The third kappa shape index (κ3) is 3.76. The summed E-state index contributed by atoms with van der Waals surface area (Å²) in [5.74, 6) is 2.33. The van der Waals surface area contributed by atoms with E-state index in [0.717, 1.165) is 31.6 Å². The Labute approximate surface area is 177 Å². The number of unbranched alkanes of at least 4 members (excludes halogenated alkanes) is 1. The summed E-state index contributed by atoms with van der Waals surface area (Å²) < 4.78 is 0. The minimum atomic E-state index is -0.554. The molecule has 3 nitrogen and oxygen atoms in total. The van der Waals surface area contributed by atoms with Crippen molar-refractivity contribution in [3.05, 3.63) is 11.6 Å². The smallest absolute Gasteiger partial charge is 0.159 e. The van der Waals surface area contributed by atoms with E-state index in [0.29, 0.717) is 29.5 Å². The van der Waals surface area contributed by atoms with Gasteiger partial charge in [-0.05, 0) is 106 Å². The highest BCUT2D eigenvalue weighted by atomic mass is 16.3. The summed E-state index contributed by atoms with van der Waals surface area (Å²) in [6, 6.07) is 0. The highest BCUT2D eigenvalue weighted by Crippen LogP contribution is 2.66. The summed E-state index contributed by atoms with van der Waals surface area (Å²) in [6.07, 6.45) is 13.7. The van der Waals surface area contributed by atoms with Crippen LogP contribution in [0.4, 0.5) is 0 Å². The van der Waals surface area contributed by atoms with Crippen LogP contribution in [-0.4, -0.2) is 27.7 Å². The van der Waals surface area contributed by atoms with Gasteiger partial charge in [0.15, 0.2) is 5.78 Å². The first-order chi connectivity index (χ1) is 13.5. The zero-order chi connectivity index (χ0) is 21.0. The molecule has 0 aromatic heterocycles. The Morgan fingerprint density at radius 1 is 1.07 bits per heavy atom. The summed E-state index contributed by atoms with van der Waals surface area (Å²) in [7, 11) is 0. The van der Waals surface area contributed by atoms with Crippen molar-refractivity contribution in [3.63, 3.8) is 0 Å². The molecule has 4 aliphatic rings. The van der Waals surface area contributed by atoms with Gasteiger partial charge in [0.05, 0.1) is 11.7 Å². The van der Waals surface area contributed by atoms with Crippen molar-refractivity contribution in [1.29, 1.82) is 0 Å². The van der Waals surface area contributed by atoms with Gasteiger partial charge in [-0.15, -0.1) is 0 Å². The minimum Gasteiger partial charge on any atom is -0.393 e. The van der Waals surface area contributed by atoms with Gasteiger partial charge in [0.25, 0.3) is 0 Å². The Kier molecular flexibility index (Phi) is 5.56. The zero-order valence-corrected chi connectivity index (χ0v) is 19.0. The Balaban J connectivity index is 1.49. The van der Waals surface area contributed by atoms with Gasteiger partial charge in [-0.3, -0.25) is 4.79 Å². The second-order valence-electron chi connectivity index (χ2n) is 12.0. The van der Waals surface area contributed by atoms with Crippen LogP contribution in [0.15, 0.2) is 11.6 Å². The number of carbonyl (C=O) groups is 1.